The Morgan fingerprint density at radius 3 is 2.13 bits per heavy atom. The van der Waals surface area contributed by atoms with E-state index in [9.17, 15) is 15.0 Å². The topological polar surface area (TPSA) is 127 Å². The summed E-state index contributed by atoms with van der Waals surface area (Å²) < 4.78 is 4.68. The van der Waals surface area contributed by atoms with E-state index in [0.29, 0.717) is 0 Å². The summed E-state index contributed by atoms with van der Waals surface area (Å²) in [6, 6.07) is 0. The molecule has 0 amide bonds. The third kappa shape index (κ3) is 4.10. The molecule has 0 aliphatic rings. The number of carboxylic acid groups (broad SMARTS) is 1. The number of aliphatic carboxylic acids is 1. The average molecular weight is 224 g/mol. The van der Waals surface area contributed by atoms with Gasteiger partial charge in [0, 0.05) is 6.61 Å². The molecule has 15 heavy (non-hydrogen) atoms. The van der Waals surface area contributed by atoms with Crippen molar-refractivity contribution in [2.45, 2.75) is 31.3 Å². The second-order valence-corrected chi connectivity index (χ2v) is 2.95. The predicted octanol–water partition coefficient (Wildman–Crippen LogP) is -2.45. The monoisotopic (exact) mass is 224 g/mol. The molecule has 4 atom stereocenters. The van der Waals surface area contributed by atoms with Crippen LogP contribution < -0.4 is 0 Å². The molecule has 0 fully saturated rings. The lowest BCUT2D eigenvalue weighted by Crippen LogP contribution is -2.49. The largest absolute Gasteiger partial charge is 0.479 e. The first-order chi connectivity index (χ1) is 6.95. The summed E-state index contributed by atoms with van der Waals surface area (Å²) in [6.45, 7) is 0.782. The minimum absolute atomic E-state index is 0.0377. The van der Waals surface area contributed by atoms with Crippen LogP contribution in [0.5, 0.6) is 0 Å². The summed E-state index contributed by atoms with van der Waals surface area (Å²) in [4.78, 5) is 10.6. The molecule has 4 unspecified atom stereocenters. The summed E-state index contributed by atoms with van der Waals surface area (Å²) in [6.07, 6.45) is -6.82. The summed E-state index contributed by atoms with van der Waals surface area (Å²) in [5.74, 6) is -1.45. The van der Waals surface area contributed by atoms with E-state index in [1.165, 1.54) is 6.92 Å². The molecule has 0 rings (SSSR count). The van der Waals surface area contributed by atoms with E-state index >= 15 is 0 Å². The Hall–Kier alpha value is -0.730. The Balaban J connectivity index is 4.47. The number of aliphatic hydroxyl groups excluding tert-OH is 4. The molecule has 7 heteroatoms. The number of carboxylic acids is 1. The maximum Gasteiger partial charge on any atom is 0.335 e. The van der Waals surface area contributed by atoms with Crippen molar-refractivity contribution in [3.05, 3.63) is 0 Å². The molecule has 7 nitrogen and oxygen atoms in total. The highest BCUT2D eigenvalue weighted by atomic mass is 16.5. The number of rotatable bonds is 7. The summed E-state index contributed by atoms with van der Waals surface area (Å²) >= 11 is 0. The van der Waals surface area contributed by atoms with Crippen LogP contribution in [0.25, 0.3) is 0 Å². The Kier molecular flexibility index (Phi) is 6.37. The lowest BCUT2D eigenvalue weighted by atomic mass is 10.0. The summed E-state index contributed by atoms with van der Waals surface area (Å²) in [7, 11) is 0. The van der Waals surface area contributed by atoms with E-state index in [1.54, 1.807) is 0 Å². The first-order valence-corrected chi connectivity index (χ1v) is 4.45. The minimum atomic E-state index is -1.80. The van der Waals surface area contributed by atoms with Crippen LogP contribution in [0.1, 0.15) is 6.92 Å². The van der Waals surface area contributed by atoms with Gasteiger partial charge >= 0.3 is 5.97 Å². The molecule has 0 aromatic carbocycles. The normalized spacial score (nSPS) is 19.3. The highest BCUT2D eigenvalue weighted by molar-refractivity contribution is 5.73. The van der Waals surface area contributed by atoms with Crippen molar-refractivity contribution in [1.82, 2.24) is 0 Å². The molecular weight excluding hydrogens is 208 g/mol. The molecule has 0 radical (unpaired) electrons. The lowest BCUT2D eigenvalue weighted by Gasteiger charge is -2.25. The molecule has 5 N–H and O–H groups in total. The molecule has 0 saturated carbocycles. The van der Waals surface area contributed by atoms with Crippen molar-refractivity contribution in [3.63, 3.8) is 0 Å². The van der Waals surface area contributed by atoms with Crippen LogP contribution in [0.3, 0.4) is 0 Å². The second-order valence-electron chi connectivity index (χ2n) is 2.95. The number of carbonyl (C=O) groups is 1. The van der Waals surface area contributed by atoms with Gasteiger partial charge in [0.25, 0.3) is 0 Å². The lowest BCUT2D eigenvalue weighted by molar-refractivity contribution is -0.171. The number of ether oxygens (including phenoxy) is 1. The standard InChI is InChI=1S/C8H16O7/c1-2-15-7(8(13)14)6(12)5(11)4(10)3-9/h4-7,9-12H,2-3H2,1H3,(H,13,14). The zero-order chi connectivity index (χ0) is 12.0. The fourth-order valence-electron chi connectivity index (χ4n) is 1.01. The van der Waals surface area contributed by atoms with Gasteiger partial charge in [-0.25, -0.2) is 4.79 Å². The van der Waals surface area contributed by atoms with Crippen LogP contribution in [0.15, 0.2) is 0 Å². The van der Waals surface area contributed by atoms with E-state index in [2.05, 4.69) is 4.74 Å². The second kappa shape index (κ2) is 6.70. The third-order valence-electron chi connectivity index (χ3n) is 1.83. The van der Waals surface area contributed by atoms with Gasteiger partial charge < -0.3 is 30.3 Å². The maximum atomic E-state index is 10.6. The number of hydrogen-bond acceptors (Lipinski definition) is 6. The molecule has 0 spiro atoms. The molecule has 0 aromatic heterocycles. The maximum absolute atomic E-state index is 10.6. The van der Waals surface area contributed by atoms with Gasteiger partial charge in [-0.3, -0.25) is 0 Å². The van der Waals surface area contributed by atoms with Crippen LogP contribution in [-0.4, -0.2) is 69.1 Å². The first-order valence-electron chi connectivity index (χ1n) is 4.45. The zero-order valence-corrected chi connectivity index (χ0v) is 8.28. The van der Waals surface area contributed by atoms with Crippen molar-refractivity contribution < 1.29 is 35.1 Å². The van der Waals surface area contributed by atoms with Crippen molar-refractivity contribution in [2.75, 3.05) is 13.2 Å². The fraction of sp³-hybridized carbons (Fsp3) is 0.875. The van der Waals surface area contributed by atoms with Gasteiger partial charge in [0.1, 0.15) is 18.3 Å². The third-order valence-corrected chi connectivity index (χ3v) is 1.83. The highest BCUT2D eigenvalue weighted by Crippen LogP contribution is 2.08. The highest BCUT2D eigenvalue weighted by Gasteiger charge is 2.35. The van der Waals surface area contributed by atoms with Gasteiger partial charge in [-0.1, -0.05) is 0 Å². The predicted molar refractivity (Wildman–Crippen MR) is 48.2 cm³/mol. The summed E-state index contributed by atoms with van der Waals surface area (Å²) in [5, 5.41) is 44.7. The Morgan fingerprint density at radius 2 is 1.80 bits per heavy atom. The molecule has 0 bridgehead atoms. The molecule has 90 valence electrons. The Bertz CT molecular complexity index is 195. The van der Waals surface area contributed by atoms with Gasteiger partial charge in [0.2, 0.25) is 0 Å². The van der Waals surface area contributed by atoms with Gasteiger partial charge in [-0.2, -0.15) is 0 Å². The smallest absolute Gasteiger partial charge is 0.335 e. The van der Waals surface area contributed by atoms with E-state index in [0.717, 1.165) is 0 Å². The average Bonchev–Trinajstić information content (AvgIpc) is 2.22. The van der Waals surface area contributed by atoms with Gasteiger partial charge in [-0.05, 0) is 6.92 Å². The minimum Gasteiger partial charge on any atom is -0.479 e. The van der Waals surface area contributed by atoms with Crippen molar-refractivity contribution in [3.8, 4) is 0 Å². The molecule has 0 heterocycles. The van der Waals surface area contributed by atoms with Crippen LogP contribution in [0, 0.1) is 0 Å². The van der Waals surface area contributed by atoms with Crippen molar-refractivity contribution >= 4 is 5.97 Å². The van der Waals surface area contributed by atoms with Crippen LogP contribution in [0.2, 0.25) is 0 Å². The van der Waals surface area contributed by atoms with Crippen molar-refractivity contribution in [2.24, 2.45) is 0 Å². The number of hydrogen-bond donors (Lipinski definition) is 5. The molecular formula is C8H16O7. The SMILES string of the molecule is CCOC(C(=O)O)C(O)C(O)C(O)CO. The van der Waals surface area contributed by atoms with Gasteiger partial charge in [0.15, 0.2) is 6.10 Å². The fourth-order valence-corrected chi connectivity index (χ4v) is 1.01. The Morgan fingerprint density at radius 1 is 1.27 bits per heavy atom. The quantitative estimate of drug-likeness (QED) is 0.325. The molecule has 0 saturated heterocycles. The molecule has 0 aliphatic carbocycles. The Labute approximate surface area is 86.5 Å². The number of aliphatic hydroxyl groups is 4. The first kappa shape index (κ1) is 14.3. The van der Waals surface area contributed by atoms with E-state index in [4.69, 9.17) is 15.3 Å². The molecule has 0 aliphatic heterocycles. The van der Waals surface area contributed by atoms with Crippen LogP contribution in [0.4, 0.5) is 0 Å². The van der Waals surface area contributed by atoms with E-state index < -0.39 is 37.0 Å². The molecule has 0 aromatic rings. The zero-order valence-electron chi connectivity index (χ0n) is 8.28. The van der Waals surface area contributed by atoms with Crippen LogP contribution >= 0.6 is 0 Å². The van der Waals surface area contributed by atoms with Gasteiger partial charge in [-0.15, -0.1) is 0 Å². The van der Waals surface area contributed by atoms with E-state index in [1.807, 2.05) is 0 Å². The van der Waals surface area contributed by atoms with Crippen LogP contribution in [-0.2, 0) is 9.53 Å². The summed E-state index contributed by atoms with van der Waals surface area (Å²) in [5.41, 5.74) is 0. The van der Waals surface area contributed by atoms with Gasteiger partial charge in [0.05, 0.1) is 6.61 Å². The van der Waals surface area contributed by atoms with E-state index in [-0.39, 0.29) is 6.61 Å². The van der Waals surface area contributed by atoms with Crippen molar-refractivity contribution in [1.29, 1.82) is 0 Å².